The normalized spacial score (nSPS) is 13.2. The van der Waals surface area contributed by atoms with E-state index in [9.17, 15) is 26.3 Å². The fraction of sp³-hybridized carbons (Fsp3) is 1.00. The Kier molecular flexibility index (Phi) is 9.00. The second-order valence-electron chi connectivity index (χ2n) is 1.80. The van der Waals surface area contributed by atoms with Crippen molar-refractivity contribution < 1.29 is 89.6 Å². The first-order valence-electron chi connectivity index (χ1n) is 2.54. The second kappa shape index (κ2) is 6.71. The van der Waals surface area contributed by atoms with Crippen LogP contribution in [0.1, 0.15) is 0 Å². The van der Waals surface area contributed by atoms with Crippen LogP contribution in [0.2, 0.25) is 0 Å². The molecular formula is C2ErF6O6S2-2. The van der Waals surface area contributed by atoms with Gasteiger partial charge in [-0.15, -0.1) is 0 Å². The molecule has 0 aliphatic carbocycles. The molecule has 0 N–H and O–H groups in total. The number of alkyl halides is 6. The van der Waals surface area contributed by atoms with Crippen LogP contribution >= 0.6 is 0 Å². The summed E-state index contributed by atoms with van der Waals surface area (Å²) in [6.45, 7) is 0. The summed E-state index contributed by atoms with van der Waals surface area (Å²) in [5, 5.41) is 0. The summed E-state index contributed by atoms with van der Waals surface area (Å²) in [6.07, 6.45) is 0. The molecule has 0 aromatic heterocycles. The van der Waals surface area contributed by atoms with Crippen molar-refractivity contribution >= 4 is 20.2 Å². The molecule has 0 bridgehead atoms. The molecule has 112 valence electrons. The largest absolute Gasteiger partial charge is 0.741 e. The van der Waals surface area contributed by atoms with Gasteiger partial charge in [0.05, 0.1) is 0 Å². The van der Waals surface area contributed by atoms with E-state index in [1.807, 2.05) is 0 Å². The Hall–Kier alpha value is 0.647. The molecule has 0 spiro atoms. The molecule has 0 fully saturated rings. The third kappa shape index (κ3) is 10.3. The van der Waals surface area contributed by atoms with Gasteiger partial charge in [0, 0.05) is 37.3 Å². The van der Waals surface area contributed by atoms with Gasteiger partial charge in [-0.3, -0.25) is 0 Å². The van der Waals surface area contributed by atoms with E-state index < -0.39 is 31.3 Å². The monoisotopic (exact) mass is 464 g/mol. The molecule has 6 nitrogen and oxygen atoms in total. The van der Waals surface area contributed by atoms with Crippen molar-refractivity contribution in [3.63, 3.8) is 0 Å². The van der Waals surface area contributed by atoms with E-state index in [4.69, 9.17) is 25.9 Å². The molecule has 0 rings (SSSR count). The molecule has 0 saturated carbocycles. The minimum atomic E-state index is -6.09. The van der Waals surface area contributed by atoms with Gasteiger partial charge < -0.3 is 9.11 Å². The van der Waals surface area contributed by atoms with Gasteiger partial charge in [0.15, 0.2) is 20.2 Å². The van der Waals surface area contributed by atoms with Crippen molar-refractivity contribution in [3.05, 3.63) is 0 Å². The predicted molar refractivity (Wildman–Crippen MR) is 31.5 cm³/mol. The zero-order valence-electron chi connectivity index (χ0n) is 6.82. The van der Waals surface area contributed by atoms with Gasteiger partial charge in [0.1, 0.15) is 0 Å². The van der Waals surface area contributed by atoms with Gasteiger partial charge in [0.2, 0.25) is 0 Å². The van der Waals surface area contributed by atoms with Crippen LogP contribution in [0.25, 0.3) is 0 Å². The Labute approximate surface area is 120 Å². The van der Waals surface area contributed by atoms with Crippen LogP contribution in [0.4, 0.5) is 26.3 Å². The van der Waals surface area contributed by atoms with Crippen LogP contribution in [0.15, 0.2) is 0 Å². The van der Waals surface area contributed by atoms with Crippen molar-refractivity contribution in [1.29, 1.82) is 0 Å². The zero-order valence-corrected chi connectivity index (χ0v) is 10.3. The van der Waals surface area contributed by atoms with Crippen LogP contribution in [0.5, 0.6) is 0 Å². The van der Waals surface area contributed by atoms with E-state index in [1.54, 1.807) is 0 Å². The first-order chi connectivity index (χ1) is 6.50. The Morgan fingerprint density at radius 1 is 0.647 bits per heavy atom. The Morgan fingerprint density at radius 2 is 0.706 bits per heavy atom. The number of rotatable bonds is 0. The molecule has 0 atom stereocenters. The van der Waals surface area contributed by atoms with E-state index in [1.165, 1.54) is 0 Å². The summed E-state index contributed by atoms with van der Waals surface area (Å²) < 4.78 is 118. The third-order valence-corrected chi connectivity index (χ3v) is 1.70. The molecule has 0 aliphatic heterocycles. The molecule has 0 aliphatic rings. The summed E-state index contributed by atoms with van der Waals surface area (Å²) in [5.74, 6) is 0. The molecule has 17 heavy (non-hydrogen) atoms. The summed E-state index contributed by atoms with van der Waals surface area (Å²) >= 11 is 0. The number of hydrogen-bond donors (Lipinski definition) is 0. The SMILES string of the molecule is O=S(=O)([O-])C(F)(F)F.O=S(=O)([O-])C(F)(F)F.[Er]. The molecule has 0 aromatic carbocycles. The van der Waals surface area contributed by atoms with Crippen LogP contribution in [-0.4, -0.2) is 37.0 Å². The molecule has 0 unspecified atom stereocenters. The van der Waals surface area contributed by atoms with Crippen molar-refractivity contribution in [2.45, 2.75) is 11.0 Å². The van der Waals surface area contributed by atoms with Gasteiger partial charge in [-0.05, 0) is 0 Å². The van der Waals surface area contributed by atoms with E-state index >= 15 is 0 Å². The standard InChI is InChI=1S/2CHF3O3S.Er/c2*2-1(3,4)8(5,6)7;/h2*(H,5,6,7);/p-2. The Morgan fingerprint density at radius 3 is 0.706 bits per heavy atom. The van der Waals surface area contributed by atoms with Crippen molar-refractivity contribution in [2.24, 2.45) is 0 Å². The average Bonchev–Trinajstić information content (AvgIpc) is 1.77. The van der Waals surface area contributed by atoms with Gasteiger partial charge in [0.25, 0.3) is 0 Å². The van der Waals surface area contributed by atoms with E-state index in [-0.39, 0.29) is 37.3 Å². The van der Waals surface area contributed by atoms with Crippen molar-refractivity contribution in [2.75, 3.05) is 0 Å². The Balaban J connectivity index is -0.000000218. The fourth-order valence-electron chi connectivity index (χ4n) is 0. The first kappa shape index (κ1) is 22.8. The summed E-state index contributed by atoms with van der Waals surface area (Å²) in [5.41, 5.74) is -11.3. The average molecular weight is 465 g/mol. The predicted octanol–water partition coefficient (Wildman–Crippen LogP) is 0.103. The van der Waals surface area contributed by atoms with E-state index in [2.05, 4.69) is 0 Å². The van der Waals surface area contributed by atoms with Gasteiger partial charge in [-0.1, -0.05) is 0 Å². The fourth-order valence-corrected chi connectivity index (χ4v) is 0. The first-order valence-corrected chi connectivity index (χ1v) is 5.36. The van der Waals surface area contributed by atoms with Gasteiger partial charge in [-0.25, -0.2) is 16.8 Å². The van der Waals surface area contributed by atoms with Gasteiger partial charge >= 0.3 is 11.0 Å². The quantitative estimate of drug-likeness (QED) is 0.285. The van der Waals surface area contributed by atoms with E-state index in [0.717, 1.165) is 0 Å². The smallest absolute Gasteiger partial charge is 0.485 e. The summed E-state index contributed by atoms with van der Waals surface area (Å²) in [6, 6.07) is 0. The molecule has 0 aromatic rings. The van der Waals surface area contributed by atoms with Crippen LogP contribution in [0, 0.1) is 37.3 Å². The molecule has 0 radical (unpaired) electrons. The topological polar surface area (TPSA) is 114 Å². The molecular weight excluding hydrogens is 465 g/mol. The van der Waals surface area contributed by atoms with Crippen LogP contribution in [-0.2, 0) is 20.2 Å². The van der Waals surface area contributed by atoms with Crippen LogP contribution < -0.4 is 0 Å². The molecule has 0 heterocycles. The summed E-state index contributed by atoms with van der Waals surface area (Å²) in [4.78, 5) is 0. The minimum Gasteiger partial charge on any atom is -0.741 e. The molecule has 0 saturated heterocycles. The number of hydrogen-bond acceptors (Lipinski definition) is 6. The van der Waals surface area contributed by atoms with Crippen molar-refractivity contribution in [1.82, 2.24) is 0 Å². The van der Waals surface area contributed by atoms with E-state index in [0.29, 0.717) is 0 Å². The minimum absolute atomic E-state index is 0. The third-order valence-electron chi connectivity index (χ3n) is 0.567. The molecule has 0 amide bonds. The van der Waals surface area contributed by atoms with Crippen molar-refractivity contribution in [3.8, 4) is 0 Å². The summed E-state index contributed by atoms with van der Waals surface area (Å²) in [7, 11) is -12.2. The maximum atomic E-state index is 10.7. The maximum absolute atomic E-state index is 10.7. The van der Waals surface area contributed by atoms with Gasteiger partial charge in [-0.2, -0.15) is 26.3 Å². The zero-order chi connectivity index (χ0) is 14.0. The van der Waals surface area contributed by atoms with Crippen LogP contribution in [0.3, 0.4) is 0 Å². The Bertz CT molecular complexity index is 374. The second-order valence-corrected chi connectivity index (χ2v) is 4.54. The number of halogens is 6. The molecule has 15 heteroatoms. The maximum Gasteiger partial charge on any atom is 0.485 e.